The largest absolute Gasteiger partial charge is 0.364 e. The zero-order valence-electron chi connectivity index (χ0n) is 12.8. The molecule has 1 aliphatic rings. The number of aromatic nitrogens is 2. The fourth-order valence-electron chi connectivity index (χ4n) is 3.05. The van der Waals surface area contributed by atoms with Crippen LogP contribution in [-0.4, -0.2) is 23.4 Å². The van der Waals surface area contributed by atoms with E-state index in [2.05, 4.69) is 44.4 Å². The maximum atomic E-state index is 4.96. The summed E-state index contributed by atoms with van der Waals surface area (Å²) in [5.74, 6) is 0. The summed E-state index contributed by atoms with van der Waals surface area (Å²) in [7, 11) is 0. The third kappa shape index (κ3) is 2.92. The maximum absolute atomic E-state index is 4.96. The van der Waals surface area contributed by atoms with E-state index >= 15 is 0 Å². The molecule has 0 fully saturated rings. The Morgan fingerprint density at radius 3 is 1.74 bits per heavy atom. The molecule has 1 aromatic carbocycles. The molecule has 23 heavy (non-hydrogen) atoms. The summed E-state index contributed by atoms with van der Waals surface area (Å²) < 4.78 is 9.92. The highest BCUT2D eigenvalue weighted by Crippen LogP contribution is 2.33. The molecule has 0 aliphatic carbocycles. The van der Waals surface area contributed by atoms with Crippen molar-refractivity contribution in [1.29, 1.82) is 0 Å². The number of rotatable bonds is 4. The molecule has 3 aromatic rings. The summed E-state index contributed by atoms with van der Waals surface area (Å²) >= 11 is 0. The van der Waals surface area contributed by atoms with E-state index in [4.69, 9.17) is 9.05 Å². The number of hydrogen-bond acceptors (Lipinski definition) is 6. The summed E-state index contributed by atoms with van der Waals surface area (Å²) in [6.45, 7) is 3.48. The lowest BCUT2D eigenvalue weighted by Crippen LogP contribution is -2.23. The summed E-state index contributed by atoms with van der Waals surface area (Å²) in [4.78, 5) is 4.71. The van der Waals surface area contributed by atoms with Crippen molar-refractivity contribution in [3.05, 3.63) is 60.3 Å². The molecule has 6 nitrogen and oxygen atoms in total. The van der Waals surface area contributed by atoms with Crippen molar-refractivity contribution >= 4 is 11.4 Å². The van der Waals surface area contributed by atoms with Crippen LogP contribution in [0.15, 0.2) is 58.0 Å². The summed E-state index contributed by atoms with van der Waals surface area (Å²) in [6.07, 6.45) is 4.32. The van der Waals surface area contributed by atoms with Gasteiger partial charge in [0, 0.05) is 25.2 Å². The second-order valence-electron chi connectivity index (χ2n) is 5.67. The van der Waals surface area contributed by atoms with Crippen LogP contribution in [0.25, 0.3) is 0 Å². The van der Waals surface area contributed by atoms with E-state index in [1.54, 1.807) is 12.5 Å². The predicted molar refractivity (Wildman–Crippen MR) is 86.2 cm³/mol. The van der Waals surface area contributed by atoms with Gasteiger partial charge in [-0.3, -0.25) is 0 Å². The minimum atomic E-state index is 0.755. The molecule has 0 unspecified atom stereocenters. The first-order valence-corrected chi connectivity index (χ1v) is 7.77. The second-order valence-corrected chi connectivity index (χ2v) is 5.67. The average molecular weight is 310 g/mol. The maximum Gasteiger partial charge on any atom is 0.124 e. The highest BCUT2D eigenvalue weighted by molar-refractivity contribution is 5.72. The van der Waals surface area contributed by atoms with E-state index in [9.17, 15) is 0 Å². The standard InChI is InChI=1S/C17H18N4O2/c1-2-5-17-16(4-1)20(12-14-6-10-22-18-14)8-3-9-21(17)13-15-7-11-23-19-15/h1-2,4-7,10-11H,3,8-9,12-13H2. The highest BCUT2D eigenvalue weighted by Gasteiger charge is 2.21. The molecule has 1 aliphatic heterocycles. The Morgan fingerprint density at radius 2 is 1.30 bits per heavy atom. The van der Waals surface area contributed by atoms with Crippen molar-refractivity contribution in [3.8, 4) is 0 Å². The van der Waals surface area contributed by atoms with Crippen molar-refractivity contribution in [2.75, 3.05) is 22.9 Å². The first kappa shape index (κ1) is 13.9. The van der Waals surface area contributed by atoms with Gasteiger partial charge in [-0.2, -0.15) is 0 Å². The molecule has 4 rings (SSSR count). The van der Waals surface area contributed by atoms with Gasteiger partial charge in [-0.15, -0.1) is 0 Å². The molecular weight excluding hydrogens is 292 g/mol. The molecule has 0 saturated heterocycles. The second kappa shape index (κ2) is 6.16. The normalized spacial score (nSPS) is 14.6. The van der Waals surface area contributed by atoms with Crippen LogP contribution in [0.5, 0.6) is 0 Å². The SMILES string of the molecule is c1ccc2c(c1)N(Cc1ccon1)CCCN2Cc1ccon1. The third-order valence-electron chi connectivity index (χ3n) is 4.11. The Hall–Kier alpha value is -2.76. The van der Waals surface area contributed by atoms with Gasteiger partial charge in [0.05, 0.1) is 24.5 Å². The summed E-state index contributed by atoms with van der Waals surface area (Å²) in [5, 5.41) is 8.08. The van der Waals surface area contributed by atoms with Gasteiger partial charge < -0.3 is 18.8 Å². The monoisotopic (exact) mass is 310 g/mol. The van der Waals surface area contributed by atoms with Gasteiger partial charge in [-0.25, -0.2) is 0 Å². The first-order valence-electron chi connectivity index (χ1n) is 7.77. The number of benzene rings is 1. The van der Waals surface area contributed by atoms with E-state index in [-0.39, 0.29) is 0 Å². The third-order valence-corrected chi connectivity index (χ3v) is 4.11. The smallest absolute Gasteiger partial charge is 0.124 e. The van der Waals surface area contributed by atoms with Gasteiger partial charge in [0.25, 0.3) is 0 Å². The average Bonchev–Trinajstić information content (AvgIpc) is 3.24. The van der Waals surface area contributed by atoms with Crippen LogP contribution in [0.4, 0.5) is 11.4 Å². The van der Waals surface area contributed by atoms with Gasteiger partial charge in [-0.1, -0.05) is 22.4 Å². The highest BCUT2D eigenvalue weighted by atomic mass is 16.5. The van der Waals surface area contributed by atoms with Crippen LogP contribution in [0.2, 0.25) is 0 Å². The summed E-state index contributed by atoms with van der Waals surface area (Å²) in [6, 6.07) is 12.3. The van der Waals surface area contributed by atoms with Crippen LogP contribution >= 0.6 is 0 Å². The minimum absolute atomic E-state index is 0.755. The van der Waals surface area contributed by atoms with Crippen LogP contribution in [-0.2, 0) is 13.1 Å². The fraction of sp³-hybridized carbons (Fsp3) is 0.294. The number of para-hydroxylation sites is 2. The van der Waals surface area contributed by atoms with E-state index in [1.165, 1.54) is 11.4 Å². The molecule has 0 spiro atoms. The van der Waals surface area contributed by atoms with Crippen molar-refractivity contribution in [2.24, 2.45) is 0 Å². The Kier molecular flexibility index (Phi) is 3.71. The molecule has 0 N–H and O–H groups in total. The Morgan fingerprint density at radius 1 is 0.783 bits per heavy atom. The van der Waals surface area contributed by atoms with Gasteiger partial charge in [0.15, 0.2) is 0 Å². The number of hydrogen-bond donors (Lipinski definition) is 0. The van der Waals surface area contributed by atoms with Gasteiger partial charge >= 0.3 is 0 Å². The molecule has 0 atom stereocenters. The van der Waals surface area contributed by atoms with E-state index in [0.29, 0.717) is 0 Å². The lowest BCUT2D eigenvalue weighted by atomic mass is 10.2. The van der Waals surface area contributed by atoms with Crippen molar-refractivity contribution in [2.45, 2.75) is 19.5 Å². The lowest BCUT2D eigenvalue weighted by molar-refractivity contribution is 0.410. The molecule has 118 valence electrons. The lowest BCUT2D eigenvalue weighted by Gasteiger charge is -2.26. The van der Waals surface area contributed by atoms with Gasteiger partial charge in [-0.05, 0) is 18.6 Å². The van der Waals surface area contributed by atoms with Crippen molar-refractivity contribution in [1.82, 2.24) is 10.3 Å². The quantitative estimate of drug-likeness (QED) is 0.738. The molecule has 2 aromatic heterocycles. The van der Waals surface area contributed by atoms with Crippen LogP contribution in [0.1, 0.15) is 17.8 Å². The van der Waals surface area contributed by atoms with E-state index in [0.717, 1.165) is 44.0 Å². The van der Waals surface area contributed by atoms with Gasteiger partial charge in [0.2, 0.25) is 0 Å². The zero-order chi connectivity index (χ0) is 15.5. The molecular formula is C17H18N4O2. The number of fused-ring (bicyclic) bond motifs is 1. The van der Waals surface area contributed by atoms with Crippen LogP contribution in [0.3, 0.4) is 0 Å². The minimum Gasteiger partial charge on any atom is -0.364 e. The Balaban J connectivity index is 1.63. The van der Waals surface area contributed by atoms with Crippen LogP contribution in [0, 0.1) is 0 Å². The van der Waals surface area contributed by atoms with E-state index < -0.39 is 0 Å². The van der Waals surface area contributed by atoms with Crippen molar-refractivity contribution < 1.29 is 9.05 Å². The van der Waals surface area contributed by atoms with E-state index in [1.807, 2.05) is 12.1 Å². The predicted octanol–water partition coefficient (Wildman–Crippen LogP) is 3.08. The molecule has 0 bridgehead atoms. The molecule has 0 saturated carbocycles. The Labute approximate surface area is 134 Å². The Bertz CT molecular complexity index is 677. The van der Waals surface area contributed by atoms with Crippen molar-refractivity contribution in [3.63, 3.8) is 0 Å². The van der Waals surface area contributed by atoms with Crippen LogP contribution < -0.4 is 9.80 Å². The molecule has 3 heterocycles. The molecule has 0 radical (unpaired) electrons. The molecule has 0 amide bonds. The topological polar surface area (TPSA) is 58.5 Å². The summed E-state index contributed by atoms with van der Waals surface area (Å²) in [5.41, 5.74) is 4.34. The molecule has 6 heteroatoms. The fourth-order valence-corrected chi connectivity index (χ4v) is 3.05. The first-order chi connectivity index (χ1) is 11.4. The number of anilines is 2. The number of nitrogens with zero attached hydrogens (tertiary/aromatic N) is 4. The zero-order valence-corrected chi connectivity index (χ0v) is 12.8. The van der Waals surface area contributed by atoms with Gasteiger partial charge in [0.1, 0.15) is 23.9 Å².